The Morgan fingerprint density at radius 1 is 1.19 bits per heavy atom. The Morgan fingerprint density at radius 3 is 2.38 bits per heavy atom. The van der Waals surface area contributed by atoms with Gasteiger partial charge in [0.25, 0.3) is 0 Å². The SMILES string of the molecule is COCCCN(C)CC(=O)N1CCN(S(=O)(=O)c2ccc(F)cc2)CC1. The van der Waals surface area contributed by atoms with Gasteiger partial charge in [-0.05, 0) is 37.7 Å². The second-order valence-electron chi connectivity index (χ2n) is 6.32. The lowest BCUT2D eigenvalue weighted by molar-refractivity contribution is -0.133. The molecule has 7 nitrogen and oxygen atoms in total. The second kappa shape index (κ2) is 9.40. The number of sulfonamides is 1. The third-order valence-corrected chi connectivity index (χ3v) is 6.25. The van der Waals surface area contributed by atoms with Gasteiger partial charge in [-0.3, -0.25) is 9.69 Å². The van der Waals surface area contributed by atoms with E-state index >= 15 is 0 Å². The fraction of sp³-hybridized carbons (Fsp3) is 0.588. The summed E-state index contributed by atoms with van der Waals surface area (Å²) < 4.78 is 44.5. The molecule has 1 saturated heterocycles. The van der Waals surface area contributed by atoms with Gasteiger partial charge in [0.2, 0.25) is 15.9 Å². The molecule has 1 heterocycles. The number of rotatable bonds is 8. The highest BCUT2D eigenvalue weighted by atomic mass is 32.2. The summed E-state index contributed by atoms with van der Waals surface area (Å²) in [4.78, 5) is 16.0. The summed E-state index contributed by atoms with van der Waals surface area (Å²) in [5, 5.41) is 0. The molecule has 0 aliphatic carbocycles. The Balaban J connectivity index is 1.86. The smallest absolute Gasteiger partial charge is 0.243 e. The number of nitrogens with zero attached hydrogens (tertiary/aromatic N) is 3. The van der Waals surface area contributed by atoms with Crippen molar-refractivity contribution in [3.63, 3.8) is 0 Å². The molecule has 1 aliphatic rings. The number of ether oxygens (including phenoxy) is 1. The maximum Gasteiger partial charge on any atom is 0.243 e. The summed E-state index contributed by atoms with van der Waals surface area (Å²) in [7, 11) is -0.140. The first kappa shape index (κ1) is 20.8. The number of halogens is 1. The zero-order valence-corrected chi connectivity index (χ0v) is 16.0. The molecule has 0 N–H and O–H groups in total. The average molecular weight is 387 g/mol. The molecule has 0 atom stereocenters. The zero-order valence-electron chi connectivity index (χ0n) is 15.2. The Morgan fingerprint density at radius 2 is 1.81 bits per heavy atom. The van der Waals surface area contributed by atoms with E-state index < -0.39 is 15.8 Å². The van der Waals surface area contributed by atoms with Crippen molar-refractivity contribution in [1.29, 1.82) is 0 Å². The summed E-state index contributed by atoms with van der Waals surface area (Å²) in [6.45, 7) is 2.89. The van der Waals surface area contributed by atoms with Crippen LogP contribution >= 0.6 is 0 Å². The van der Waals surface area contributed by atoms with Crippen molar-refractivity contribution in [2.75, 3.05) is 60.0 Å². The molecule has 1 aromatic rings. The van der Waals surface area contributed by atoms with E-state index in [9.17, 15) is 17.6 Å². The van der Waals surface area contributed by atoms with E-state index in [-0.39, 0.29) is 23.9 Å². The lowest BCUT2D eigenvalue weighted by Gasteiger charge is -2.34. The second-order valence-corrected chi connectivity index (χ2v) is 8.26. The van der Waals surface area contributed by atoms with Gasteiger partial charge in [-0.25, -0.2) is 12.8 Å². The van der Waals surface area contributed by atoms with E-state index in [2.05, 4.69) is 0 Å². The quantitative estimate of drug-likeness (QED) is 0.612. The molecule has 0 bridgehead atoms. The number of methoxy groups -OCH3 is 1. The predicted molar refractivity (Wildman–Crippen MR) is 95.7 cm³/mol. The molecular weight excluding hydrogens is 361 g/mol. The third-order valence-electron chi connectivity index (χ3n) is 4.34. The first-order valence-electron chi connectivity index (χ1n) is 8.55. The van der Waals surface area contributed by atoms with Gasteiger partial charge >= 0.3 is 0 Å². The molecule has 2 rings (SSSR count). The van der Waals surface area contributed by atoms with Crippen LogP contribution in [0, 0.1) is 5.82 Å². The largest absolute Gasteiger partial charge is 0.385 e. The molecule has 0 spiro atoms. The van der Waals surface area contributed by atoms with E-state index in [4.69, 9.17) is 4.74 Å². The van der Waals surface area contributed by atoms with Crippen LogP contribution in [0.3, 0.4) is 0 Å². The molecule has 26 heavy (non-hydrogen) atoms. The van der Waals surface area contributed by atoms with Crippen molar-refractivity contribution < 1.29 is 22.3 Å². The van der Waals surface area contributed by atoms with Crippen LogP contribution < -0.4 is 0 Å². The Kier molecular flexibility index (Phi) is 7.51. The summed E-state index contributed by atoms with van der Waals surface area (Å²) >= 11 is 0. The van der Waals surface area contributed by atoms with Crippen LogP contribution in [0.1, 0.15) is 6.42 Å². The average Bonchev–Trinajstić information content (AvgIpc) is 2.62. The highest BCUT2D eigenvalue weighted by Gasteiger charge is 2.30. The van der Waals surface area contributed by atoms with E-state index in [0.29, 0.717) is 26.2 Å². The van der Waals surface area contributed by atoms with Crippen molar-refractivity contribution >= 4 is 15.9 Å². The van der Waals surface area contributed by atoms with Crippen molar-refractivity contribution in [3.8, 4) is 0 Å². The van der Waals surface area contributed by atoms with E-state index in [1.165, 1.54) is 16.4 Å². The van der Waals surface area contributed by atoms with E-state index in [1.54, 1.807) is 12.0 Å². The molecule has 1 fully saturated rings. The molecule has 9 heteroatoms. The normalized spacial score (nSPS) is 16.2. The first-order valence-corrected chi connectivity index (χ1v) is 9.99. The maximum absolute atomic E-state index is 13.0. The van der Waals surface area contributed by atoms with Crippen LogP contribution in [0.5, 0.6) is 0 Å². The van der Waals surface area contributed by atoms with Crippen molar-refractivity contribution in [3.05, 3.63) is 30.1 Å². The molecular formula is C17H26FN3O4S. The number of hydrogen-bond acceptors (Lipinski definition) is 5. The molecule has 1 amide bonds. The van der Waals surface area contributed by atoms with Crippen LogP contribution in [0.4, 0.5) is 4.39 Å². The summed E-state index contributed by atoms with van der Waals surface area (Å²) in [6, 6.07) is 4.78. The van der Waals surface area contributed by atoms with Gasteiger partial charge in [-0.15, -0.1) is 0 Å². The fourth-order valence-electron chi connectivity index (χ4n) is 2.82. The molecule has 0 unspecified atom stereocenters. The first-order chi connectivity index (χ1) is 12.3. The molecule has 146 valence electrons. The minimum Gasteiger partial charge on any atom is -0.385 e. The zero-order chi connectivity index (χ0) is 19.2. The van der Waals surface area contributed by atoms with Gasteiger partial charge in [0.05, 0.1) is 11.4 Å². The number of amides is 1. The lowest BCUT2D eigenvalue weighted by Crippen LogP contribution is -2.52. The van der Waals surface area contributed by atoms with Gasteiger partial charge in [0.15, 0.2) is 0 Å². The Labute approximate surface area is 154 Å². The van der Waals surface area contributed by atoms with Gasteiger partial charge in [0.1, 0.15) is 5.82 Å². The summed E-state index contributed by atoms with van der Waals surface area (Å²) in [5.41, 5.74) is 0. The monoisotopic (exact) mass is 387 g/mol. The van der Waals surface area contributed by atoms with Crippen molar-refractivity contribution in [2.45, 2.75) is 11.3 Å². The maximum atomic E-state index is 13.0. The standard InChI is InChI=1S/C17H26FN3O4S/c1-19(8-3-13-25-2)14-17(22)20-9-11-21(12-10-20)26(23,24)16-6-4-15(18)5-7-16/h4-7H,3,8-14H2,1-2H3. The molecule has 1 aromatic carbocycles. The van der Waals surface area contributed by atoms with Crippen molar-refractivity contribution in [1.82, 2.24) is 14.1 Å². The predicted octanol–water partition coefficient (Wildman–Crippen LogP) is 0.627. The number of piperazine rings is 1. The summed E-state index contributed by atoms with van der Waals surface area (Å²) in [6.07, 6.45) is 0.851. The van der Waals surface area contributed by atoms with Gasteiger partial charge in [-0.2, -0.15) is 4.31 Å². The van der Waals surface area contributed by atoms with Crippen LogP contribution in [0.25, 0.3) is 0 Å². The topological polar surface area (TPSA) is 70.2 Å². The molecule has 1 aliphatic heterocycles. The van der Waals surface area contributed by atoms with E-state index in [1.807, 2.05) is 11.9 Å². The minimum absolute atomic E-state index is 0.0104. The number of carbonyl (C=O) groups excluding carboxylic acids is 1. The minimum atomic E-state index is -3.66. The molecule has 0 saturated carbocycles. The Bertz CT molecular complexity index is 688. The number of carbonyl (C=O) groups is 1. The van der Waals surface area contributed by atoms with Crippen LogP contribution in [0.15, 0.2) is 29.2 Å². The highest BCUT2D eigenvalue weighted by molar-refractivity contribution is 7.89. The number of likely N-dealkylation sites (N-methyl/N-ethyl adjacent to an activating group) is 1. The Hall–Kier alpha value is -1.55. The molecule has 0 aromatic heterocycles. The van der Waals surface area contributed by atoms with Crippen LogP contribution in [-0.2, 0) is 19.6 Å². The highest BCUT2D eigenvalue weighted by Crippen LogP contribution is 2.18. The van der Waals surface area contributed by atoms with Crippen LogP contribution in [0.2, 0.25) is 0 Å². The number of benzene rings is 1. The van der Waals surface area contributed by atoms with Gasteiger partial charge in [0, 0.05) is 46.4 Å². The van der Waals surface area contributed by atoms with Crippen molar-refractivity contribution in [2.24, 2.45) is 0 Å². The fourth-order valence-corrected chi connectivity index (χ4v) is 4.24. The number of hydrogen-bond donors (Lipinski definition) is 0. The summed E-state index contributed by atoms with van der Waals surface area (Å²) in [5.74, 6) is -0.488. The lowest BCUT2D eigenvalue weighted by atomic mass is 10.3. The molecule has 0 radical (unpaired) electrons. The van der Waals surface area contributed by atoms with E-state index in [0.717, 1.165) is 25.1 Å². The van der Waals surface area contributed by atoms with Gasteiger partial charge in [-0.1, -0.05) is 0 Å². The van der Waals surface area contributed by atoms with Crippen LogP contribution in [-0.4, -0.2) is 88.5 Å². The van der Waals surface area contributed by atoms with Gasteiger partial charge < -0.3 is 9.64 Å². The third kappa shape index (κ3) is 5.47.